The van der Waals surface area contributed by atoms with Crippen LogP contribution in [0.5, 0.6) is 5.75 Å². The Labute approximate surface area is 140 Å². The second-order valence-electron chi connectivity index (χ2n) is 6.78. The van der Waals surface area contributed by atoms with E-state index < -0.39 is 0 Å². The number of imidazole rings is 1. The van der Waals surface area contributed by atoms with Crippen molar-refractivity contribution in [3.05, 3.63) is 40.5 Å². The Morgan fingerprint density at radius 3 is 2.61 bits per heavy atom. The van der Waals surface area contributed by atoms with Crippen LogP contribution >= 0.6 is 11.3 Å². The standard InChI is InChI=1S/C18H23N3OS/c1-11-8-12(6-7-14(11)22-5)16-13(9-19)21-15(18(2,3)4)10-23-17(21)20-16/h6-8,10H,9,19H2,1-5H3. The fourth-order valence-corrected chi connectivity index (χ4v) is 4.01. The largest absolute Gasteiger partial charge is 0.496 e. The minimum atomic E-state index is 0.0516. The number of thiazole rings is 1. The van der Waals surface area contributed by atoms with Crippen LogP contribution < -0.4 is 10.5 Å². The maximum absolute atomic E-state index is 6.08. The van der Waals surface area contributed by atoms with Crippen molar-refractivity contribution in [3.8, 4) is 17.0 Å². The van der Waals surface area contributed by atoms with E-state index in [0.29, 0.717) is 6.54 Å². The van der Waals surface area contributed by atoms with E-state index in [-0.39, 0.29) is 5.41 Å². The van der Waals surface area contributed by atoms with Crippen LogP contribution in [0, 0.1) is 6.92 Å². The molecule has 3 aromatic rings. The van der Waals surface area contributed by atoms with E-state index in [1.807, 2.05) is 19.1 Å². The maximum Gasteiger partial charge on any atom is 0.194 e. The third-order valence-electron chi connectivity index (χ3n) is 4.09. The van der Waals surface area contributed by atoms with E-state index in [4.69, 9.17) is 15.5 Å². The Morgan fingerprint density at radius 2 is 2.04 bits per heavy atom. The van der Waals surface area contributed by atoms with Gasteiger partial charge in [-0.15, -0.1) is 11.3 Å². The zero-order valence-electron chi connectivity index (χ0n) is 14.3. The molecule has 2 N–H and O–H groups in total. The van der Waals surface area contributed by atoms with Crippen molar-refractivity contribution < 1.29 is 4.74 Å². The van der Waals surface area contributed by atoms with Crippen LogP contribution in [0.25, 0.3) is 16.2 Å². The minimum absolute atomic E-state index is 0.0516. The second-order valence-corrected chi connectivity index (χ2v) is 7.62. The molecular weight excluding hydrogens is 306 g/mol. The summed E-state index contributed by atoms with van der Waals surface area (Å²) in [5, 5.41) is 2.19. The number of fused-ring (bicyclic) bond motifs is 1. The molecule has 0 aliphatic heterocycles. The Morgan fingerprint density at radius 1 is 1.30 bits per heavy atom. The highest BCUT2D eigenvalue weighted by Crippen LogP contribution is 2.34. The lowest BCUT2D eigenvalue weighted by Gasteiger charge is -2.18. The molecule has 0 bridgehead atoms. The number of hydrogen-bond donors (Lipinski definition) is 1. The third kappa shape index (κ3) is 2.64. The van der Waals surface area contributed by atoms with Gasteiger partial charge < -0.3 is 10.5 Å². The van der Waals surface area contributed by atoms with Gasteiger partial charge >= 0.3 is 0 Å². The van der Waals surface area contributed by atoms with Gasteiger partial charge in [-0.25, -0.2) is 4.98 Å². The molecule has 2 heterocycles. The molecule has 0 aliphatic carbocycles. The minimum Gasteiger partial charge on any atom is -0.496 e. The van der Waals surface area contributed by atoms with Gasteiger partial charge in [0.2, 0.25) is 0 Å². The molecule has 23 heavy (non-hydrogen) atoms. The van der Waals surface area contributed by atoms with Crippen molar-refractivity contribution in [2.75, 3.05) is 7.11 Å². The van der Waals surface area contributed by atoms with Crippen LogP contribution in [0.4, 0.5) is 0 Å². The van der Waals surface area contributed by atoms with Gasteiger partial charge in [0.05, 0.1) is 18.5 Å². The number of methoxy groups -OCH3 is 1. The quantitative estimate of drug-likeness (QED) is 0.786. The third-order valence-corrected chi connectivity index (χ3v) is 4.91. The number of benzene rings is 1. The van der Waals surface area contributed by atoms with E-state index in [2.05, 4.69) is 36.6 Å². The van der Waals surface area contributed by atoms with E-state index in [9.17, 15) is 0 Å². The van der Waals surface area contributed by atoms with Gasteiger partial charge in [0.15, 0.2) is 4.96 Å². The van der Waals surface area contributed by atoms with E-state index >= 15 is 0 Å². The fraction of sp³-hybridized carbons (Fsp3) is 0.389. The van der Waals surface area contributed by atoms with Crippen LogP contribution in [0.2, 0.25) is 0 Å². The highest BCUT2D eigenvalue weighted by molar-refractivity contribution is 7.15. The molecule has 0 fully saturated rings. The molecule has 5 heteroatoms. The van der Waals surface area contributed by atoms with Crippen LogP contribution in [0.15, 0.2) is 23.6 Å². The summed E-state index contributed by atoms with van der Waals surface area (Å²) in [5.74, 6) is 0.888. The fourth-order valence-electron chi connectivity index (χ4n) is 2.88. The van der Waals surface area contributed by atoms with E-state index in [0.717, 1.165) is 33.2 Å². The Bertz CT molecular complexity index is 855. The Hall–Kier alpha value is -1.85. The molecule has 4 nitrogen and oxygen atoms in total. The lowest BCUT2D eigenvalue weighted by molar-refractivity contribution is 0.412. The van der Waals surface area contributed by atoms with Crippen molar-refractivity contribution >= 4 is 16.3 Å². The first kappa shape index (κ1) is 16.0. The number of nitrogens with two attached hydrogens (primary N) is 1. The van der Waals surface area contributed by atoms with Crippen LogP contribution in [0.3, 0.4) is 0 Å². The summed E-state index contributed by atoms with van der Waals surface area (Å²) in [6, 6.07) is 6.15. The zero-order valence-corrected chi connectivity index (χ0v) is 15.1. The number of hydrogen-bond acceptors (Lipinski definition) is 4. The normalized spacial score (nSPS) is 12.1. The Balaban J connectivity index is 2.23. The van der Waals surface area contributed by atoms with Crippen molar-refractivity contribution in [2.45, 2.75) is 39.7 Å². The van der Waals surface area contributed by atoms with Gasteiger partial charge in [-0.3, -0.25) is 4.40 Å². The van der Waals surface area contributed by atoms with E-state index in [1.54, 1.807) is 18.4 Å². The smallest absolute Gasteiger partial charge is 0.194 e. The molecule has 0 aliphatic rings. The summed E-state index contributed by atoms with van der Waals surface area (Å²) >= 11 is 1.67. The summed E-state index contributed by atoms with van der Waals surface area (Å²) in [5.41, 5.74) is 11.6. The highest BCUT2D eigenvalue weighted by atomic mass is 32.1. The van der Waals surface area contributed by atoms with Gasteiger partial charge in [0, 0.05) is 28.6 Å². The molecule has 0 atom stereocenters. The van der Waals surface area contributed by atoms with Gasteiger partial charge in [-0.05, 0) is 30.7 Å². The first-order chi connectivity index (χ1) is 10.9. The van der Waals surface area contributed by atoms with Crippen molar-refractivity contribution in [1.82, 2.24) is 9.38 Å². The molecule has 122 valence electrons. The number of nitrogens with zero attached hydrogens (tertiary/aromatic N) is 2. The van der Waals surface area contributed by atoms with Crippen LogP contribution in [0.1, 0.15) is 37.7 Å². The molecule has 0 amide bonds. The monoisotopic (exact) mass is 329 g/mol. The molecule has 0 unspecified atom stereocenters. The van der Waals surface area contributed by atoms with Crippen LogP contribution in [-0.4, -0.2) is 16.5 Å². The molecular formula is C18H23N3OS. The molecule has 0 radical (unpaired) electrons. The molecule has 0 saturated carbocycles. The van der Waals surface area contributed by atoms with Crippen LogP contribution in [-0.2, 0) is 12.0 Å². The summed E-state index contributed by atoms with van der Waals surface area (Å²) in [4.78, 5) is 5.84. The number of ether oxygens (including phenoxy) is 1. The van der Waals surface area contributed by atoms with Crippen molar-refractivity contribution in [1.29, 1.82) is 0 Å². The molecule has 2 aromatic heterocycles. The maximum atomic E-state index is 6.08. The highest BCUT2D eigenvalue weighted by Gasteiger charge is 2.23. The lowest BCUT2D eigenvalue weighted by atomic mass is 9.93. The van der Waals surface area contributed by atoms with Gasteiger partial charge in [0.25, 0.3) is 0 Å². The number of rotatable bonds is 3. The summed E-state index contributed by atoms with van der Waals surface area (Å²) in [6.07, 6.45) is 0. The Kier molecular flexibility index (Phi) is 3.94. The summed E-state index contributed by atoms with van der Waals surface area (Å²) in [7, 11) is 1.69. The predicted octanol–water partition coefficient (Wildman–Crippen LogP) is 4.14. The average Bonchev–Trinajstić information content (AvgIpc) is 3.04. The van der Waals surface area contributed by atoms with Gasteiger partial charge in [-0.1, -0.05) is 20.8 Å². The summed E-state index contributed by atoms with van der Waals surface area (Å²) in [6.45, 7) is 9.15. The molecule has 0 spiro atoms. The first-order valence-corrected chi connectivity index (χ1v) is 8.59. The molecule has 0 saturated heterocycles. The van der Waals surface area contributed by atoms with Crippen molar-refractivity contribution in [3.63, 3.8) is 0 Å². The zero-order chi connectivity index (χ0) is 16.8. The SMILES string of the molecule is COc1ccc(-c2nc3scc(C(C)(C)C)n3c2CN)cc1C. The lowest BCUT2D eigenvalue weighted by Crippen LogP contribution is -2.16. The number of aryl methyl sites for hydroxylation is 1. The number of aromatic nitrogens is 2. The topological polar surface area (TPSA) is 52.5 Å². The van der Waals surface area contributed by atoms with Gasteiger partial charge in [0.1, 0.15) is 5.75 Å². The van der Waals surface area contributed by atoms with E-state index in [1.165, 1.54) is 5.69 Å². The predicted molar refractivity (Wildman–Crippen MR) is 96.4 cm³/mol. The second kappa shape index (κ2) is 5.65. The molecule has 1 aromatic carbocycles. The average molecular weight is 329 g/mol. The first-order valence-electron chi connectivity index (χ1n) is 7.71. The molecule has 3 rings (SSSR count). The van der Waals surface area contributed by atoms with Crippen molar-refractivity contribution in [2.24, 2.45) is 5.73 Å². The van der Waals surface area contributed by atoms with Gasteiger partial charge in [-0.2, -0.15) is 0 Å². The summed E-state index contributed by atoms with van der Waals surface area (Å²) < 4.78 is 7.57.